The molecule has 0 radical (unpaired) electrons. The van der Waals surface area contributed by atoms with Crippen molar-refractivity contribution in [3.05, 3.63) is 23.3 Å². The molecule has 0 saturated heterocycles. The van der Waals surface area contributed by atoms with E-state index in [4.69, 9.17) is 4.98 Å². The summed E-state index contributed by atoms with van der Waals surface area (Å²) in [6, 6.07) is 0. The van der Waals surface area contributed by atoms with Gasteiger partial charge in [-0.3, -0.25) is 9.97 Å². The molecule has 0 unspecified atom stereocenters. The Morgan fingerprint density at radius 2 is 1.47 bits per heavy atom. The lowest BCUT2D eigenvalue weighted by Crippen LogP contribution is -2.23. The number of hydrogen-bond donors (Lipinski definition) is 0. The Labute approximate surface area is 106 Å². The number of aromatic nitrogens is 2. The summed E-state index contributed by atoms with van der Waals surface area (Å²) in [7, 11) is 0. The van der Waals surface area contributed by atoms with Gasteiger partial charge in [0.2, 0.25) is 0 Å². The Morgan fingerprint density at radius 1 is 0.941 bits per heavy atom. The fraction of sp³-hybridized carbons (Fsp3) is 0.733. The summed E-state index contributed by atoms with van der Waals surface area (Å²) in [5.41, 5.74) is 3.45. The van der Waals surface area contributed by atoms with Gasteiger partial charge >= 0.3 is 0 Å². The van der Waals surface area contributed by atoms with Crippen LogP contribution >= 0.6 is 0 Å². The number of rotatable bonds is 1. The van der Waals surface area contributed by atoms with Gasteiger partial charge in [0.15, 0.2) is 0 Å². The highest BCUT2D eigenvalue weighted by Gasteiger charge is 2.25. The smallest absolute Gasteiger partial charge is 0.0678 e. The number of hydrogen-bond acceptors (Lipinski definition) is 2. The van der Waals surface area contributed by atoms with Crippen LogP contribution in [0.4, 0.5) is 0 Å². The van der Waals surface area contributed by atoms with E-state index in [1.807, 2.05) is 6.20 Å². The van der Waals surface area contributed by atoms with Crippen molar-refractivity contribution < 1.29 is 0 Å². The minimum atomic E-state index is 0.0495. The van der Waals surface area contributed by atoms with Crippen molar-refractivity contribution in [2.24, 2.45) is 0 Å². The van der Waals surface area contributed by atoms with Crippen LogP contribution in [0.2, 0.25) is 0 Å². The van der Waals surface area contributed by atoms with Crippen molar-refractivity contribution in [1.82, 2.24) is 9.97 Å². The molecule has 1 rings (SSSR count). The van der Waals surface area contributed by atoms with Gasteiger partial charge in [-0.25, -0.2) is 0 Å². The molecule has 0 atom stereocenters. The van der Waals surface area contributed by atoms with E-state index >= 15 is 0 Å². The molecule has 0 aliphatic heterocycles. The Bertz CT molecular complexity index is 392. The van der Waals surface area contributed by atoms with Crippen LogP contribution < -0.4 is 0 Å². The van der Waals surface area contributed by atoms with Gasteiger partial charge in [-0.15, -0.1) is 0 Å². The molecule has 0 aliphatic rings. The van der Waals surface area contributed by atoms with Gasteiger partial charge in [0.25, 0.3) is 0 Å². The highest BCUT2D eigenvalue weighted by molar-refractivity contribution is 5.26. The molecular formula is C15H26N2. The lowest BCUT2D eigenvalue weighted by atomic mass is 9.86. The third-order valence-electron chi connectivity index (χ3n) is 2.83. The maximum Gasteiger partial charge on any atom is 0.0678 e. The Hall–Kier alpha value is -0.920. The molecule has 2 heteroatoms. The highest BCUT2D eigenvalue weighted by Crippen LogP contribution is 2.30. The van der Waals surface area contributed by atoms with Gasteiger partial charge in [-0.05, 0) is 5.92 Å². The predicted molar refractivity (Wildman–Crippen MR) is 73.5 cm³/mol. The zero-order valence-corrected chi connectivity index (χ0v) is 12.5. The van der Waals surface area contributed by atoms with Gasteiger partial charge in [0.05, 0.1) is 17.1 Å². The van der Waals surface area contributed by atoms with E-state index in [2.05, 4.69) is 60.4 Å². The van der Waals surface area contributed by atoms with Gasteiger partial charge in [0, 0.05) is 17.0 Å². The van der Waals surface area contributed by atoms with Crippen LogP contribution in [-0.2, 0) is 10.8 Å². The van der Waals surface area contributed by atoms with Crippen molar-refractivity contribution in [2.75, 3.05) is 0 Å². The van der Waals surface area contributed by atoms with Crippen molar-refractivity contribution in [2.45, 2.75) is 72.1 Å². The monoisotopic (exact) mass is 234 g/mol. The summed E-state index contributed by atoms with van der Waals surface area (Å²) in [6.07, 6.45) is 1.94. The van der Waals surface area contributed by atoms with E-state index in [0.717, 1.165) is 17.1 Å². The molecule has 2 nitrogen and oxygen atoms in total. The van der Waals surface area contributed by atoms with Crippen LogP contribution in [0.1, 0.15) is 78.4 Å². The van der Waals surface area contributed by atoms with Gasteiger partial charge in [-0.1, -0.05) is 55.4 Å². The molecule has 0 saturated carbocycles. The summed E-state index contributed by atoms with van der Waals surface area (Å²) in [5, 5.41) is 0. The predicted octanol–water partition coefficient (Wildman–Crippen LogP) is 4.20. The Kier molecular flexibility index (Phi) is 3.66. The maximum absolute atomic E-state index is 4.87. The topological polar surface area (TPSA) is 25.8 Å². The van der Waals surface area contributed by atoms with Crippen LogP contribution in [0.3, 0.4) is 0 Å². The number of nitrogens with zero attached hydrogens (tertiary/aromatic N) is 2. The molecule has 1 aromatic heterocycles. The minimum Gasteiger partial charge on any atom is -0.257 e. The maximum atomic E-state index is 4.87. The summed E-state index contributed by atoms with van der Waals surface area (Å²) in [4.78, 5) is 9.52. The average Bonchev–Trinajstić information content (AvgIpc) is 2.14. The van der Waals surface area contributed by atoms with Crippen molar-refractivity contribution in [3.63, 3.8) is 0 Å². The molecule has 0 bridgehead atoms. The zero-order chi connectivity index (χ0) is 13.4. The molecule has 1 heterocycles. The van der Waals surface area contributed by atoms with Crippen molar-refractivity contribution >= 4 is 0 Å². The molecule has 0 spiro atoms. The van der Waals surface area contributed by atoms with Crippen LogP contribution in [0.5, 0.6) is 0 Å². The Balaban J connectivity index is 3.41. The zero-order valence-electron chi connectivity index (χ0n) is 12.5. The third-order valence-corrected chi connectivity index (χ3v) is 2.83. The second-order valence-corrected chi connectivity index (χ2v) is 7.14. The average molecular weight is 234 g/mol. The second-order valence-electron chi connectivity index (χ2n) is 7.14. The van der Waals surface area contributed by atoms with E-state index in [1.165, 1.54) is 0 Å². The van der Waals surface area contributed by atoms with E-state index in [9.17, 15) is 0 Å². The summed E-state index contributed by atoms with van der Waals surface area (Å²) in [6.45, 7) is 17.5. The normalized spacial score (nSPS) is 13.2. The van der Waals surface area contributed by atoms with Crippen LogP contribution in [-0.4, -0.2) is 9.97 Å². The second kappa shape index (κ2) is 4.40. The fourth-order valence-corrected chi connectivity index (χ4v) is 1.73. The lowest BCUT2D eigenvalue weighted by Gasteiger charge is -2.26. The standard InChI is InChI=1S/C15H26N2/c1-10(2)12-13(15(6,7)8)17-11(9-16-12)14(3,4)5/h9-10H,1-8H3. The quantitative estimate of drug-likeness (QED) is 0.728. The molecular weight excluding hydrogens is 208 g/mol. The lowest BCUT2D eigenvalue weighted by molar-refractivity contribution is 0.512. The molecule has 0 fully saturated rings. The summed E-state index contributed by atoms with van der Waals surface area (Å²) in [5.74, 6) is 0.422. The largest absolute Gasteiger partial charge is 0.257 e. The molecule has 0 N–H and O–H groups in total. The molecule has 0 amide bonds. The molecule has 0 aliphatic carbocycles. The van der Waals surface area contributed by atoms with E-state index in [0.29, 0.717) is 5.92 Å². The van der Waals surface area contributed by atoms with E-state index in [-0.39, 0.29) is 10.8 Å². The van der Waals surface area contributed by atoms with Gasteiger partial charge in [-0.2, -0.15) is 0 Å². The van der Waals surface area contributed by atoms with E-state index in [1.54, 1.807) is 0 Å². The molecule has 0 aromatic carbocycles. The summed E-state index contributed by atoms with van der Waals surface area (Å²) < 4.78 is 0. The van der Waals surface area contributed by atoms with Crippen LogP contribution in [0.15, 0.2) is 6.20 Å². The first-order valence-corrected chi connectivity index (χ1v) is 6.41. The Morgan fingerprint density at radius 3 is 1.82 bits per heavy atom. The molecule has 96 valence electrons. The van der Waals surface area contributed by atoms with E-state index < -0.39 is 0 Å². The van der Waals surface area contributed by atoms with Crippen LogP contribution in [0, 0.1) is 0 Å². The molecule has 1 aromatic rings. The third kappa shape index (κ3) is 3.27. The van der Waals surface area contributed by atoms with Gasteiger partial charge < -0.3 is 0 Å². The van der Waals surface area contributed by atoms with Crippen LogP contribution in [0.25, 0.3) is 0 Å². The van der Waals surface area contributed by atoms with Crippen molar-refractivity contribution in [3.8, 4) is 0 Å². The first-order valence-electron chi connectivity index (χ1n) is 6.41. The van der Waals surface area contributed by atoms with Gasteiger partial charge in [0.1, 0.15) is 0 Å². The first kappa shape index (κ1) is 14.1. The highest BCUT2D eigenvalue weighted by atomic mass is 14.9. The minimum absolute atomic E-state index is 0.0495. The summed E-state index contributed by atoms with van der Waals surface area (Å²) >= 11 is 0. The molecule has 17 heavy (non-hydrogen) atoms. The first-order chi connectivity index (χ1) is 7.53. The van der Waals surface area contributed by atoms with Crippen molar-refractivity contribution in [1.29, 1.82) is 0 Å². The SMILES string of the molecule is CC(C)c1ncc(C(C)(C)C)nc1C(C)(C)C. The fourth-order valence-electron chi connectivity index (χ4n) is 1.73.